The highest BCUT2D eigenvalue weighted by molar-refractivity contribution is 7.09. The molecule has 0 aromatic carbocycles. The van der Waals surface area contributed by atoms with Gasteiger partial charge in [-0.05, 0) is 12.8 Å². The molecule has 1 atom stereocenters. The van der Waals surface area contributed by atoms with Crippen molar-refractivity contribution in [3.8, 4) is 0 Å². The van der Waals surface area contributed by atoms with Crippen molar-refractivity contribution in [1.29, 1.82) is 0 Å². The van der Waals surface area contributed by atoms with Gasteiger partial charge in [0.25, 0.3) is 0 Å². The average molecular weight is 254 g/mol. The largest absolute Gasteiger partial charge is 0.380 e. The van der Waals surface area contributed by atoms with E-state index in [1.165, 1.54) is 0 Å². The van der Waals surface area contributed by atoms with Crippen LogP contribution in [0.25, 0.3) is 0 Å². The molecule has 1 fully saturated rings. The number of nitrogens with zero attached hydrogens (tertiary/aromatic N) is 1. The van der Waals surface area contributed by atoms with E-state index in [9.17, 15) is 0 Å². The van der Waals surface area contributed by atoms with Crippen LogP contribution in [-0.2, 0) is 16.6 Å². The fraction of sp³-hybridized carbons (Fsp3) is 0.769. The summed E-state index contributed by atoms with van der Waals surface area (Å²) in [6, 6.07) is 0. The number of hydrogen-bond acceptors (Lipinski definition) is 4. The Labute approximate surface area is 107 Å². The van der Waals surface area contributed by atoms with Crippen LogP contribution in [0.5, 0.6) is 0 Å². The number of rotatable bonds is 2. The molecule has 96 valence electrons. The van der Waals surface area contributed by atoms with E-state index < -0.39 is 0 Å². The Morgan fingerprint density at radius 3 is 2.82 bits per heavy atom. The van der Waals surface area contributed by atoms with Gasteiger partial charge in [0.1, 0.15) is 0 Å². The first-order valence-corrected chi connectivity index (χ1v) is 7.09. The summed E-state index contributed by atoms with van der Waals surface area (Å²) in [4.78, 5) is 4.70. The average Bonchev–Trinajstić information content (AvgIpc) is 2.66. The van der Waals surface area contributed by atoms with Crippen LogP contribution in [0.4, 0.5) is 0 Å². The molecule has 0 amide bonds. The SMILES string of the molecule is CC(C)(C)c1csc(CC2(N)CCCOC2)n1. The molecule has 0 aliphatic carbocycles. The lowest BCUT2D eigenvalue weighted by molar-refractivity contribution is 0.0382. The van der Waals surface area contributed by atoms with Crippen LogP contribution in [0.15, 0.2) is 5.38 Å². The Morgan fingerprint density at radius 2 is 2.29 bits per heavy atom. The Bertz CT molecular complexity index is 375. The van der Waals surface area contributed by atoms with Crippen molar-refractivity contribution in [2.45, 2.75) is 51.0 Å². The lowest BCUT2D eigenvalue weighted by atomic mass is 9.90. The van der Waals surface area contributed by atoms with E-state index in [4.69, 9.17) is 15.5 Å². The predicted molar refractivity (Wildman–Crippen MR) is 71.5 cm³/mol. The molecular formula is C13H22N2OS. The second-order valence-corrected chi connectivity index (χ2v) is 7.01. The summed E-state index contributed by atoms with van der Waals surface area (Å²) in [5.41, 5.74) is 7.44. The van der Waals surface area contributed by atoms with Crippen molar-refractivity contribution in [2.24, 2.45) is 5.73 Å². The molecule has 2 heterocycles. The van der Waals surface area contributed by atoms with Crippen LogP contribution in [0, 0.1) is 0 Å². The van der Waals surface area contributed by atoms with Crippen molar-refractivity contribution in [1.82, 2.24) is 4.98 Å². The predicted octanol–water partition coefficient (Wildman–Crippen LogP) is 2.49. The highest BCUT2D eigenvalue weighted by Crippen LogP contribution is 2.27. The maximum absolute atomic E-state index is 6.35. The molecule has 1 saturated heterocycles. The lowest BCUT2D eigenvalue weighted by Gasteiger charge is -2.32. The standard InChI is InChI=1S/C13H22N2OS/c1-12(2,3)10-8-17-11(15-10)7-13(14)5-4-6-16-9-13/h8H,4-7,9,14H2,1-3H3. The van der Waals surface area contributed by atoms with E-state index in [2.05, 4.69) is 26.2 Å². The van der Waals surface area contributed by atoms with Gasteiger partial charge in [0.05, 0.1) is 17.3 Å². The fourth-order valence-corrected chi connectivity index (χ4v) is 3.23. The van der Waals surface area contributed by atoms with E-state index in [-0.39, 0.29) is 11.0 Å². The van der Waals surface area contributed by atoms with Gasteiger partial charge in [-0.2, -0.15) is 0 Å². The molecule has 2 rings (SSSR count). The second-order valence-electron chi connectivity index (χ2n) is 6.07. The molecule has 3 nitrogen and oxygen atoms in total. The molecule has 1 aliphatic rings. The maximum atomic E-state index is 6.35. The Kier molecular flexibility index (Phi) is 3.57. The summed E-state index contributed by atoms with van der Waals surface area (Å²) in [6.07, 6.45) is 2.94. The Hall–Kier alpha value is -0.450. The van der Waals surface area contributed by atoms with Gasteiger partial charge < -0.3 is 10.5 Å². The minimum absolute atomic E-state index is 0.125. The van der Waals surface area contributed by atoms with Gasteiger partial charge in [-0.3, -0.25) is 0 Å². The molecule has 0 spiro atoms. The summed E-state index contributed by atoms with van der Waals surface area (Å²) in [5.74, 6) is 0. The summed E-state index contributed by atoms with van der Waals surface area (Å²) in [7, 11) is 0. The van der Waals surface area contributed by atoms with Crippen LogP contribution >= 0.6 is 11.3 Å². The molecule has 1 aromatic rings. The third kappa shape index (κ3) is 3.27. The Morgan fingerprint density at radius 1 is 1.53 bits per heavy atom. The van der Waals surface area contributed by atoms with Gasteiger partial charge in [0, 0.05) is 29.4 Å². The molecule has 0 bridgehead atoms. The minimum atomic E-state index is -0.203. The van der Waals surface area contributed by atoms with E-state index in [0.717, 1.165) is 36.6 Å². The van der Waals surface area contributed by atoms with E-state index in [1.54, 1.807) is 11.3 Å². The molecule has 0 radical (unpaired) electrons. The highest BCUT2D eigenvalue weighted by atomic mass is 32.1. The van der Waals surface area contributed by atoms with E-state index in [1.807, 2.05) is 0 Å². The minimum Gasteiger partial charge on any atom is -0.380 e. The molecule has 17 heavy (non-hydrogen) atoms. The van der Waals surface area contributed by atoms with Crippen LogP contribution in [0.2, 0.25) is 0 Å². The van der Waals surface area contributed by atoms with Crippen LogP contribution < -0.4 is 5.73 Å². The number of nitrogens with two attached hydrogens (primary N) is 1. The highest BCUT2D eigenvalue weighted by Gasteiger charge is 2.30. The summed E-state index contributed by atoms with van der Waals surface area (Å²) in [6.45, 7) is 8.08. The van der Waals surface area contributed by atoms with Crippen molar-refractivity contribution in [3.05, 3.63) is 16.1 Å². The first-order chi connectivity index (χ1) is 7.89. The number of ether oxygens (including phenoxy) is 1. The van der Waals surface area contributed by atoms with Gasteiger partial charge >= 0.3 is 0 Å². The van der Waals surface area contributed by atoms with Gasteiger partial charge in [-0.25, -0.2) is 4.98 Å². The molecule has 1 aromatic heterocycles. The molecule has 1 unspecified atom stereocenters. The zero-order valence-corrected chi connectivity index (χ0v) is 11.8. The summed E-state index contributed by atoms with van der Waals surface area (Å²) >= 11 is 1.72. The normalized spacial score (nSPS) is 26.1. The van der Waals surface area contributed by atoms with Gasteiger partial charge in [0.15, 0.2) is 0 Å². The first kappa shape index (κ1) is 13.0. The number of hydrogen-bond donors (Lipinski definition) is 1. The van der Waals surface area contributed by atoms with Crippen molar-refractivity contribution in [3.63, 3.8) is 0 Å². The monoisotopic (exact) mass is 254 g/mol. The molecular weight excluding hydrogens is 232 g/mol. The number of aromatic nitrogens is 1. The first-order valence-electron chi connectivity index (χ1n) is 6.21. The molecule has 0 saturated carbocycles. The third-order valence-corrected chi connectivity index (χ3v) is 4.03. The Balaban J connectivity index is 2.06. The van der Waals surface area contributed by atoms with Crippen LogP contribution in [-0.4, -0.2) is 23.7 Å². The lowest BCUT2D eigenvalue weighted by Crippen LogP contribution is -2.49. The van der Waals surface area contributed by atoms with Crippen molar-refractivity contribution < 1.29 is 4.74 Å². The van der Waals surface area contributed by atoms with Crippen LogP contribution in [0.3, 0.4) is 0 Å². The molecule has 2 N–H and O–H groups in total. The summed E-state index contributed by atoms with van der Waals surface area (Å²) < 4.78 is 5.48. The van der Waals surface area contributed by atoms with Crippen molar-refractivity contribution in [2.75, 3.05) is 13.2 Å². The number of thiazole rings is 1. The summed E-state index contributed by atoms with van der Waals surface area (Å²) in [5, 5.41) is 3.30. The van der Waals surface area contributed by atoms with Gasteiger partial charge in [0.2, 0.25) is 0 Å². The quantitative estimate of drug-likeness (QED) is 0.882. The topological polar surface area (TPSA) is 48.1 Å². The third-order valence-electron chi connectivity index (χ3n) is 3.18. The van der Waals surface area contributed by atoms with E-state index in [0.29, 0.717) is 6.61 Å². The van der Waals surface area contributed by atoms with Gasteiger partial charge in [-0.1, -0.05) is 20.8 Å². The maximum Gasteiger partial charge on any atom is 0.0947 e. The fourth-order valence-electron chi connectivity index (χ4n) is 2.05. The zero-order valence-electron chi connectivity index (χ0n) is 11.0. The zero-order chi connectivity index (χ0) is 12.5. The molecule has 4 heteroatoms. The molecule has 1 aliphatic heterocycles. The van der Waals surface area contributed by atoms with Gasteiger partial charge in [-0.15, -0.1) is 11.3 Å². The van der Waals surface area contributed by atoms with E-state index >= 15 is 0 Å². The van der Waals surface area contributed by atoms with Crippen LogP contribution in [0.1, 0.15) is 44.3 Å². The second kappa shape index (κ2) is 4.67. The smallest absolute Gasteiger partial charge is 0.0947 e. The van der Waals surface area contributed by atoms with Crippen molar-refractivity contribution >= 4 is 11.3 Å².